The van der Waals surface area contributed by atoms with Crippen molar-refractivity contribution in [3.63, 3.8) is 0 Å². The molecule has 0 saturated carbocycles. The topological polar surface area (TPSA) is 137 Å². The molecule has 0 unspecified atom stereocenters. The molecule has 16 heteroatoms. The summed E-state index contributed by atoms with van der Waals surface area (Å²) in [7, 11) is 3.97. The number of carboxylic acids is 1. The minimum atomic E-state index is -4.38. The van der Waals surface area contributed by atoms with Crippen LogP contribution >= 0.6 is 0 Å². The van der Waals surface area contributed by atoms with Gasteiger partial charge in [-0.1, -0.05) is 84.9 Å². The van der Waals surface area contributed by atoms with Gasteiger partial charge >= 0.3 is 30.3 Å². The Bertz CT molecular complexity index is 2600. The van der Waals surface area contributed by atoms with E-state index in [4.69, 9.17) is 9.47 Å². The van der Waals surface area contributed by atoms with Crippen LogP contribution in [0.2, 0.25) is 0 Å². The molecule has 10 nitrogen and oxygen atoms in total. The van der Waals surface area contributed by atoms with Gasteiger partial charge in [0, 0.05) is 7.05 Å². The largest absolute Gasteiger partial charge is 0.489 e. The molecule has 0 spiro atoms. The van der Waals surface area contributed by atoms with E-state index in [9.17, 15) is 50.6 Å². The van der Waals surface area contributed by atoms with Crippen molar-refractivity contribution in [1.29, 1.82) is 0 Å². The van der Waals surface area contributed by atoms with Crippen LogP contribution in [0, 0.1) is 0 Å². The quantitative estimate of drug-likeness (QED) is 0.0718. The Morgan fingerprint density at radius 2 is 0.896 bits per heavy atom. The van der Waals surface area contributed by atoms with Crippen molar-refractivity contribution in [2.45, 2.75) is 50.2 Å². The number of carbonyl (C=O) groups excluding carboxylic acids is 3. The number of esters is 2. The van der Waals surface area contributed by atoms with Crippen LogP contribution < -0.4 is 14.8 Å². The standard InChI is InChI=1S/C26H24F3NO4.C25H21F3O5/c1-30-25(32)23(15-24(31)33-2)19-8-12-22(13-9-19)34-16-17-4-3-5-20(14-17)18-6-10-21(11-7-18)26(27,28)29;1-32-23(29)14-22(24(30)31)18-7-11-21(12-8-18)33-15-16-3-2-4-19(13-16)17-5-9-20(10-6-17)25(26,27)28/h3-14,23H,15-16H2,1-2H3,(H,30,32);2-13,22H,14-15H2,1H3,(H,30,31)/t23-;22-/m00/s1. The van der Waals surface area contributed by atoms with Gasteiger partial charge in [-0.15, -0.1) is 0 Å². The van der Waals surface area contributed by atoms with E-state index in [1.807, 2.05) is 36.4 Å². The summed E-state index contributed by atoms with van der Waals surface area (Å²) in [5.74, 6) is -3.15. The maximum absolute atomic E-state index is 12.8. The van der Waals surface area contributed by atoms with E-state index in [1.165, 1.54) is 45.5 Å². The molecule has 2 atom stereocenters. The molecule has 2 N–H and O–H groups in total. The molecule has 67 heavy (non-hydrogen) atoms. The summed E-state index contributed by atoms with van der Waals surface area (Å²) in [6.07, 6.45) is -9.10. The van der Waals surface area contributed by atoms with Crippen molar-refractivity contribution < 1.29 is 69.6 Å². The van der Waals surface area contributed by atoms with Crippen molar-refractivity contribution in [3.8, 4) is 33.8 Å². The van der Waals surface area contributed by atoms with E-state index in [0.29, 0.717) is 33.8 Å². The Labute approximate surface area is 382 Å². The van der Waals surface area contributed by atoms with Gasteiger partial charge in [-0.25, -0.2) is 0 Å². The highest BCUT2D eigenvalue weighted by molar-refractivity contribution is 5.88. The first-order valence-corrected chi connectivity index (χ1v) is 20.4. The lowest BCUT2D eigenvalue weighted by molar-refractivity contribution is -0.147. The van der Waals surface area contributed by atoms with E-state index in [0.717, 1.165) is 46.5 Å². The second-order valence-electron chi connectivity index (χ2n) is 14.9. The third-order valence-electron chi connectivity index (χ3n) is 10.4. The van der Waals surface area contributed by atoms with E-state index < -0.39 is 53.2 Å². The third kappa shape index (κ3) is 14.7. The summed E-state index contributed by atoms with van der Waals surface area (Å²) in [5.41, 5.74) is 4.22. The van der Waals surface area contributed by atoms with Crippen LogP contribution in [0.1, 0.15) is 58.1 Å². The Balaban J connectivity index is 0.000000251. The molecule has 1 amide bonds. The Morgan fingerprint density at radius 3 is 1.24 bits per heavy atom. The summed E-state index contributed by atoms with van der Waals surface area (Å²) in [4.78, 5) is 46.8. The van der Waals surface area contributed by atoms with Crippen LogP contribution in [0.4, 0.5) is 26.3 Å². The lowest BCUT2D eigenvalue weighted by atomic mass is 9.95. The summed E-state index contributed by atoms with van der Waals surface area (Å²) < 4.78 is 97.5. The summed E-state index contributed by atoms with van der Waals surface area (Å²) >= 11 is 0. The maximum Gasteiger partial charge on any atom is 0.416 e. The lowest BCUT2D eigenvalue weighted by Crippen LogP contribution is -2.27. The number of ether oxygens (including phenoxy) is 4. The molecule has 6 rings (SSSR count). The second-order valence-corrected chi connectivity index (χ2v) is 14.9. The fourth-order valence-electron chi connectivity index (χ4n) is 6.69. The minimum absolute atomic E-state index is 0.0763. The Kier molecular flexibility index (Phi) is 17.3. The van der Waals surface area contributed by atoms with Gasteiger partial charge in [-0.2, -0.15) is 26.3 Å². The highest BCUT2D eigenvalue weighted by Gasteiger charge is 2.31. The number of hydrogen-bond acceptors (Lipinski definition) is 8. The Morgan fingerprint density at radius 1 is 0.522 bits per heavy atom. The van der Waals surface area contributed by atoms with Gasteiger partial charge < -0.3 is 29.4 Å². The van der Waals surface area contributed by atoms with Crippen molar-refractivity contribution in [3.05, 3.63) is 179 Å². The molecule has 0 fully saturated rings. The number of nitrogens with one attached hydrogen (secondary N) is 1. The van der Waals surface area contributed by atoms with E-state index in [1.54, 1.807) is 60.7 Å². The molecule has 0 aliphatic rings. The zero-order chi connectivity index (χ0) is 48.7. The average molecular weight is 930 g/mol. The molecular formula is C51H45F6NO9. The SMILES string of the molecule is CNC(=O)[C@@H](CC(=O)OC)c1ccc(OCc2cccc(-c3ccc(C(F)(F)F)cc3)c2)cc1.COC(=O)C[C@H](C(=O)O)c1ccc(OCc2cccc(-c3ccc(C(F)(F)F)cc3)c2)cc1. The Hall–Kier alpha value is -7.62. The fraction of sp³-hybridized carbons (Fsp3) is 0.216. The predicted octanol–water partition coefficient (Wildman–Crippen LogP) is 11.0. The first-order valence-electron chi connectivity index (χ1n) is 20.4. The smallest absolute Gasteiger partial charge is 0.416 e. The molecule has 350 valence electrons. The number of alkyl halides is 6. The number of carboxylic acid groups (broad SMARTS) is 1. The average Bonchev–Trinajstić information content (AvgIpc) is 3.33. The summed E-state index contributed by atoms with van der Waals surface area (Å²) in [6.45, 7) is 0.452. The van der Waals surface area contributed by atoms with Crippen LogP contribution in [0.25, 0.3) is 22.3 Å². The van der Waals surface area contributed by atoms with Gasteiger partial charge in [0.05, 0.1) is 50.0 Å². The number of halogens is 6. The minimum Gasteiger partial charge on any atom is -0.489 e. The molecule has 0 aromatic heterocycles. The highest BCUT2D eigenvalue weighted by atomic mass is 19.4. The molecule has 0 heterocycles. The van der Waals surface area contributed by atoms with Crippen LogP contribution in [-0.2, 0) is 54.2 Å². The number of hydrogen-bond donors (Lipinski definition) is 2. The number of rotatable bonds is 16. The van der Waals surface area contributed by atoms with Crippen LogP contribution in [0.5, 0.6) is 11.5 Å². The molecule has 6 aromatic carbocycles. The third-order valence-corrected chi connectivity index (χ3v) is 10.4. The molecule has 0 saturated heterocycles. The van der Waals surface area contributed by atoms with Crippen molar-refractivity contribution in [2.75, 3.05) is 21.3 Å². The van der Waals surface area contributed by atoms with Gasteiger partial charge in [-0.3, -0.25) is 19.2 Å². The molecule has 6 aromatic rings. The van der Waals surface area contributed by atoms with Crippen molar-refractivity contribution in [2.24, 2.45) is 0 Å². The number of likely N-dealkylation sites (N-methyl/N-ethyl adjacent to an activating group) is 1. The van der Waals surface area contributed by atoms with Crippen LogP contribution in [0.15, 0.2) is 146 Å². The highest BCUT2D eigenvalue weighted by Crippen LogP contribution is 2.33. The molecule has 0 aliphatic carbocycles. The zero-order valence-corrected chi connectivity index (χ0v) is 36.3. The van der Waals surface area contributed by atoms with Gasteiger partial charge in [0.25, 0.3) is 0 Å². The molecular weight excluding hydrogens is 885 g/mol. The number of carbonyl (C=O) groups is 4. The molecule has 0 radical (unpaired) electrons. The lowest BCUT2D eigenvalue weighted by Gasteiger charge is -2.15. The van der Waals surface area contributed by atoms with Crippen molar-refractivity contribution >= 4 is 23.8 Å². The number of aliphatic carboxylic acids is 1. The number of amides is 1. The van der Waals surface area contributed by atoms with E-state index in [2.05, 4.69) is 14.8 Å². The monoisotopic (exact) mass is 929 g/mol. The van der Waals surface area contributed by atoms with Gasteiger partial charge in [0.2, 0.25) is 5.91 Å². The predicted molar refractivity (Wildman–Crippen MR) is 236 cm³/mol. The van der Waals surface area contributed by atoms with Crippen molar-refractivity contribution in [1.82, 2.24) is 5.32 Å². The van der Waals surface area contributed by atoms with Gasteiger partial charge in [-0.05, 0) is 105 Å². The number of benzene rings is 6. The fourth-order valence-corrected chi connectivity index (χ4v) is 6.69. The maximum atomic E-state index is 12.8. The van der Waals surface area contributed by atoms with Gasteiger partial charge in [0.15, 0.2) is 0 Å². The van der Waals surface area contributed by atoms with E-state index in [-0.39, 0.29) is 32.0 Å². The first-order chi connectivity index (χ1) is 31.9. The zero-order valence-electron chi connectivity index (χ0n) is 36.3. The second kappa shape index (κ2) is 23.0. The first kappa shape index (κ1) is 50.4. The molecule has 0 bridgehead atoms. The summed E-state index contributed by atoms with van der Waals surface area (Å²) in [5, 5.41) is 11.9. The molecule has 0 aliphatic heterocycles. The van der Waals surface area contributed by atoms with Crippen LogP contribution in [-0.4, -0.2) is 50.2 Å². The summed E-state index contributed by atoms with van der Waals surface area (Å²) in [6, 6.07) is 37.8. The normalized spacial score (nSPS) is 12.1. The number of methoxy groups -OCH3 is 2. The van der Waals surface area contributed by atoms with Gasteiger partial charge in [0.1, 0.15) is 24.7 Å². The van der Waals surface area contributed by atoms with Crippen LogP contribution in [0.3, 0.4) is 0 Å². The van der Waals surface area contributed by atoms with E-state index >= 15 is 0 Å².